The predicted molar refractivity (Wildman–Crippen MR) is 89.8 cm³/mol. The number of aromatic nitrogens is 2. The zero-order chi connectivity index (χ0) is 15.5. The first-order chi connectivity index (χ1) is 10.6. The van der Waals surface area contributed by atoms with Crippen LogP contribution in [-0.2, 0) is 13.6 Å². The minimum atomic E-state index is 0.420. The van der Waals surface area contributed by atoms with E-state index in [0.29, 0.717) is 12.0 Å². The van der Waals surface area contributed by atoms with Crippen LogP contribution >= 0.6 is 0 Å². The Morgan fingerprint density at radius 3 is 2.86 bits per heavy atom. The van der Waals surface area contributed by atoms with E-state index >= 15 is 0 Å². The number of piperazine rings is 1. The van der Waals surface area contributed by atoms with Gasteiger partial charge in [0, 0.05) is 51.0 Å². The van der Waals surface area contributed by atoms with E-state index in [1.54, 1.807) is 0 Å². The smallest absolute Gasteiger partial charge is 0.0534 e. The second kappa shape index (κ2) is 6.63. The molecule has 2 heterocycles. The molecule has 0 amide bonds. The molecule has 0 spiro atoms. The fourth-order valence-electron chi connectivity index (χ4n) is 3.33. The zero-order valence-corrected chi connectivity index (χ0v) is 13.8. The first-order valence-corrected chi connectivity index (χ1v) is 8.15. The second-order valence-corrected chi connectivity index (χ2v) is 6.55. The van der Waals surface area contributed by atoms with Crippen LogP contribution in [0.15, 0.2) is 36.7 Å². The summed E-state index contributed by atoms with van der Waals surface area (Å²) in [5.74, 6) is 0.562. The van der Waals surface area contributed by atoms with Crippen molar-refractivity contribution in [2.75, 3.05) is 19.6 Å². The van der Waals surface area contributed by atoms with Crippen molar-refractivity contribution < 1.29 is 0 Å². The van der Waals surface area contributed by atoms with Gasteiger partial charge in [0.25, 0.3) is 0 Å². The first kappa shape index (κ1) is 15.3. The highest BCUT2D eigenvalue weighted by atomic mass is 15.3. The van der Waals surface area contributed by atoms with E-state index < -0.39 is 0 Å². The molecule has 3 rings (SSSR count). The van der Waals surface area contributed by atoms with Crippen molar-refractivity contribution in [3.05, 3.63) is 53.3 Å². The van der Waals surface area contributed by atoms with Crippen molar-refractivity contribution in [2.45, 2.75) is 32.4 Å². The molecule has 0 bridgehead atoms. The van der Waals surface area contributed by atoms with Gasteiger partial charge in [-0.1, -0.05) is 38.1 Å². The Bertz CT molecular complexity index is 617. The molecule has 1 fully saturated rings. The van der Waals surface area contributed by atoms with E-state index in [0.717, 1.165) is 26.2 Å². The lowest BCUT2D eigenvalue weighted by atomic mass is 9.92. The van der Waals surface area contributed by atoms with Gasteiger partial charge < -0.3 is 5.32 Å². The van der Waals surface area contributed by atoms with Crippen molar-refractivity contribution in [1.29, 1.82) is 0 Å². The summed E-state index contributed by atoms with van der Waals surface area (Å²) in [5.41, 5.74) is 4.21. The Morgan fingerprint density at radius 1 is 1.32 bits per heavy atom. The third kappa shape index (κ3) is 3.39. The Balaban J connectivity index is 1.73. The summed E-state index contributed by atoms with van der Waals surface area (Å²) in [6, 6.07) is 9.27. The van der Waals surface area contributed by atoms with E-state index in [2.05, 4.69) is 59.6 Å². The lowest BCUT2D eigenvalue weighted by Crippen LogP contribution is -2.45. The van der Waals surface area contributed by atoms with Gasteiger partial charge in [-0.05, 0) is 17.0 Å². The normalized spacial score (nSPS) is 19.7. The molecule has 1 N–H and O–H groups in total. The van der Waals surface area contributed by atoms with Gasteiger partial charge in [-0.15, -0.1) is 0 Å². The van der Waals surface area contributed by atoms with Gasteiger partial charge in [-0.25, -0.2) is 0 Å². The maximum atomic E-state index is 4.27. The molecule has 1 atom stereocenters. The van der Waals surface area contributed by atoms with Gasteiger partial charge in [0.05, 0.1) is 6.20 Å². The molecule has 0 saturated carbocycles. The first-order valence-electron chi connectivity index (χ1n) is 8.15. The fourth-order valence-corrected chi connectivity index (χ4v) is 3.33. The molecule has 1 aliphatic rings. The molecule has 1 aliphatic heterocycles. The van der Waals surface area contributed by atoms with Gasteiger partial charge in [-0.3, -0.25) is 9.58 Å². The molecule has 1 aromatic carbocycles. The molecule has 1 saturated heterocycles. The number of hydrogen-bond donors (Lipinski definition) is 1. The van der Waals surface area contributed by atoms with Gasteiger partial charge in [0.1, 0.15) is 0 Å². The van der Waals surface area contributed by atoms with Gasteiger partial charge in [0.15, 0.2) is 0 Å². The van der Waals surface area contributed by atoms with Crippen LogP contribution < -0.4 is 5.32 Å². The highest BCUT2D eigenvalue weighted by Crippen LogP contribution is 2.27. The molecule has 4 heteroatoms. The number of benzene rings is 1. The Hall–Kier alpha value is -1.65. The third-order valence-corrected chi connectivity index (χ3v) is 4.42. The summed E-state index contributed by atoms with van der Waals surface area (Å²) in [5, 5.41) is 7.96. The summed E-state index contributed by atoms with van der Waals surface area (Å²) >= 11 is 0. The lowest BCUT2D eigenvalue weighted by molar-refractivity contribution is 0.192. The zero-order valence-electron chi connectivity index (χ0n) is 13.8. The van der Waals surface area contributed by atoms with Crippen molar-refractivity contribution in [2.24, 2.45) is 7.05 Å². The maximum absolute atomic E-state index is 4.27. The molecule has 2 aromatic rings. The van der Waals surface area contributed by atoms with Crippen LogP contribution in [0, 0.1) is 0 Å². The quantitative estimate of drug-likeness (QED) is 0.942. The number of nitrogens with zero attached hydrogens (tertiary/aromatic N) is 3. The minimum absolute atomic E-state index is 0.420. The number of rotatable bonds is 4. The average Bonchev–Trinajstić information content (AvgIpc) is 2.92. The molecule has 0 unspecified atom stereocenters. The lowest BCUT2D eigenvalue weighted by Gasteiger charge is -2.35. The molecular formula is C18H26N4. The summed E-state index contributed by atoms with van der Waals surface area (Å²) in [4.78, 5) is 2.52. The molecule has 118 valence electrons. The van der Waals surface area contributed by atoms with E-state index in [1.807, 2.05) is 17.9 Å². The summed E-state index contributed by atoms with van der Waals surface area (Å²) in [6.07, 6.45) is 4.08. The van der Waals surface area contributed by atoms with Crippen LogP contribution in [0.25, 0.3) is 0 Å². The number of aryl methyl sites for hydroxylation is 1. The number of hydrogen-bond acceptors (Lipinski definition) is 3. The SMILES string of the molecule is CC(C)c1ccccc1[C@@H]1CN(Cc2cnn(C)c2)CCN1. The second-order valence-electron chi connectivity index (χ2n) is 6.55. The van der Waals surface area contributed by atoms with E-state index in [9.17, 15) is 0 Å². The molecule has 0 aliphatic carbocycles. The van der Waals surface area contributed by atoms with Crippen LogP contribution in [0.5, 0.6) is 0 Å². The Kier molecular flexibility index (Phi) is 4.60. The fraction of sp³-hybridized carbons (Fsp3) is 0.500. The Labute approximate surface area is 133 Å². The molecule has 4 nitrogen and oxygen atoms in total. The van der Waals surface area contributed by atoms with Crippen molar-refractivity contribution in [3.63, 3.8) is 0 Å². The van der Waals surface area contributed by atoms with Crippen LogP contribution in [0.2, 0.25) is 0 Å². The van der Waals surface area contributed by atoms with Gasteiger partial charge >= 0.3 is 0 Å². The highest BCUT2D eigenvalue weighted by molar-refractivity contribution is 5.33. The van der Waals surface area contributed by atoms with Crippen molar-refractivity contribution in [3.8, 4) is 0 Å². The Morgan fingerprint density at radius 2 is 2.14 bits per heavy atom. The van der Waals surface area contributed by atoms with Crippen LogP contribution in [0.4, 0.5) is 0 Å². The maximum Gasteiger partial charge on any atom is 0.0534 e. The monoisotopic (exact) mass is 298 g/mol. The van der Waals surface area contributed by atoms with Crippen molar-refractivity contribution in [1.82, 2.24) is 20.0 Å². The minimum Gasteiger partial charge on any atom is -0.308 e. The molecule has 22 heavy (non-hydrogen) atoms. The molecule has 0 radical (unpaired) electrons. The van der Waals surface area contributed by atoms with E-state index in [-0.39, 0.29) is 0 Å². The van der Waals surface area contributed by atoms with E-state index in [4.69, 9.17) is 0 Å². The van der Waals surface area contributed by atoms with E-state index in [1.165, 1.54) is 16.7 Å². The largest absolute Gasteiger partial charge is 0.308 e. The summed E-state index contributed by atoms with van der Waals surface area (Å²) < 4.78 is 1.88. The van der Waals surface area contributed by atoms with Crippen LogP contribution in [0.1, 0.15) is 42.5 Å². The van der Waals surface area contributed by atoms with Gasteiger partial charge in [-0.2, -0.15) is 5.10 Å². The standard InChI is InChI=1S/C18H26N4/c1-14(2)16-6-4-5-7-17(16)18-13-22(9-8-19-18)12-15-10-20-21(3)11-15/h4-7,10-11,14,18-19H,8-9,12-13H2,1-3H3/t18-/m0/s1. The third-order valence-electron chi connectivity index (χ3n) is 4.42. The van der Waals surface area contributed by atoms with Crippen LogP contribution in [-0.4, -0.2) is 34.3 Å². The summed E-state index contributed by atoms with van der Waals surface area (Å²) in [6.45, 7) is 8.71. The van der Waals surface area contributed by atoms with Crippen LogP contribution in [0.3, 0.4) is 0 Å². The summed E-state index contributed by atoms with van der Waals surface area (Å²) in [7, 11) is 1.98. The van der Waals surface area contributed by atoms with Crippen molar-refractivity contribution >= 4 is 0 Å². The van der Waals surface area contributed by atoms with Gasteiger partial charge in [0.2, 0.25) is 0 Å². The molecular weight excluding hydrogens is 272 g/mol. The number of nitrogens with one attached hydrogen (secondary N) is 1. The molecule has 1 aromatic heterocycles. The predicted octanol–water partition coefficient (Wildman–Crippen LogP) is 2.69. The highest BCUT2D eigenvalue weighted by Gasteiger charge is 2.23. The topological polar surface area (TPSA) is 33.1 Å². The average molecular weight is 298 g/mol.